The van der Waals surface area contributed by atoms with Crippen LogP contribution >= 0.6 is 11.6 Å². The third kappa shape index (κ3) is 3.22. The van der Waals surface area contributed by atoms with Crippen LogP contribution in [0.1, 0.15) is 30.9 Å². The van der Waals surface area contributed by atoms with Gasteiger partial charge in [0.2, 0.25) is 0 Å². The van der Waals surface area contributed by atoms with Gasteiger partial charge in [0.05, 0.1) is 11.3 Å². The number of carbonyl (C=O) groups excluding carboxylic acids is 2. The Hall–Kier alpha value is -2.59. The molecule has 2 aromatic rings. The molecule has 0 N–H and O–H groups in total. The molecule has 0 saturated carbocycles. The van der Waals surface area contributed by atoms with Crippen molar-refractivity contribution in [2.24, 2.45) is 5.92 Å². The summed E-state index contributed by atoms with van der Waals surface area (Å²) >= 11 is 6.27. The highest BCUT2D eigenvalue weighted by molar-refractivity contribution is 6.45. The van der Waals surface area contributed by atoms with Crippen molar-refractivity contribution in [2.45, 2.75) is 26.7 Å². The molecule has 28 heavy (non-hydrogen) atoms. The third-order valence-corrected chi connectivity index (χ3v) is 6.04. The van der Waals surface area contributed by atoms with Gasteiger partial charge in [0, 0.05) is 18.1 Å². The van der Waals surface area contributed by atoms with Crippen LogP contribution in [0, 0.1) is 12.8 Å². The van der Waals surface area contributed by atoms with E-state index >= 15 is 0 Å². The maximum atomic E-state index is 13.4. The van der Waals surface area contributed by atoms with E-state index in [1.807, 2.05) is 43.3 Å². The van der Waals surface area contributed by atoms with Crippen LogP contribution in [0.25, 0.3) is 5.57 Å². The maximum Gasteiger partial charge on any atom is 0.282 e. The molecule has 1 fully saturated rings. The molecule has 5 heteroatoms. The number of benzene rings is 2. The van der Waals surface area contributed by atoms with E-state index < -0.39 is 0 Å². The van der Waals surface area contributed by atoms with Crippen molar-refractivity contribution in [1.82, 2.24) is 4.90 Å². The average Bonchev–Trinajstić information content (AvgIpc) is 2.96. The fourth-order valence-corrected chi connectivity index (χ4v) is 4.04. The highest BCUT2D eigenvalue weighted by atomic mass is 35.5. The van der Waals surface area contributed by atoms with E-state index in [1.165, 1.54) is 4.90 Å². The number of nitrogens with zero attached hydrogens (tertiary/aromatic N) is 2. The Kier molecular flexibility index (Phi) is 4.98. The topological polar surface area (TPSA) is 40.6 Å². The second kappa shape index (κ2) is 7.44. The van der Waals surface area contributed by atoms with E-state index in [1.54, 1.807) is 12.1 Å². The quantitative estimate of drug-likeness (QED) is 0.710. The van der Waals surface area contributed by atoms with Crippen molar-refractivity contribution >= 4 is 34.7 Å². The Morgan fingerprint density at radius 1 is 0.964 bits per heavy atom. The lowest BCUT2D eigenvalue weighted by molar-refractivity contribution is -0.120. The van der Waals surface area contributed by atoms with Crippen LogP contribution in [0.4, 0.5) is 5.69 Å². The standard InChI is InChI=1S/C23H23ClN2O2/c1-15-10-12-25(13-11-15)21-20(17-6-4-3-5-7-17)22(27)26(23(21)28)18-9-8-16(2)19(24)14-18/h3-9,14-15H,10-13H2,1-2H3. The molecule has 0 aliphatic carbocycles. The summed E-state index contributed by atoms with van der Waals surface area (Å²) in [6.07, 6.45) is 2.03. The van der Waals surface area contributed by atoms with Crippen molar-refractivity contribution < 1.29 is 9.59 Å². The average molecular weight is 395 g/mol. The number of amides is 2. The van der Waals surface area contributed by atoms with Gasteiger partial charge in [0.1, 0.15) is 5.70 Å². The summed E-state index contributed by atoms with van der Waals surface area (Å²) in [5, 5.41) is 0.541. The van der Waals surface area contributed by atoms with Gasteiger partial charge in [-0.1, -0.05) is 54.9 Å². The molecule has 0 aromatic heterocycles. The molecule has 2 aromatic carbocycles. The molecule has 1 saturated heterocycles. The Morgan fingerprint density at radius 2 is 1.64 bits per heavy atom. The van der Waals surface area contributed by atoms with Crippen LogP contribution in [0.2, 0.25) is 5.02 Å². The van der Waals surface area contributed by atoms with Crippen molar-refractivity contribution in [3.05, 3.63) is 70.4 Å². The van der Waals surface area contributed by atoms with Crippen LogP contribution in [0.3, 0.4) is 0 Å². The molecule has 2 heterocycles. The zero-order chi connectivity index (χ0) is 19.8. The molecule has 2 amide bonds. The fraction of sp³-hybridized carbons (Fsp3) is 0.304. The van der Waals surface area contributed by atoms with Gasteiger partial charge in [-0.15, -0.1) is 0 Å². The number of hydrogen-bond acceptors (Lipinski definition) is 3. The zero-order valence-electron chi connectivity index (χ0n) is 16.1. The molecule has 0 atom stereocenters. The molecule has 2 aliphatic heterocycles. The minimum atomic E-state index is -0.287. The molecule has 144 valence electrons. The molecule has 4 rings (SSSR count). The molecular formula is C23H23ClN2O2. The van der Waals surface area contributed by atoms with Gasteiger partial charge in [-0.05, 0) is 48.9 Å². The Balaban J connectivity index is 1.80. The van der Waals surface area contributed by atoms with Gasteiger partial charge in [-0.25, -0.2) is 4.90 Å². The van der Waals surface area contributed by atoms with Gasteiger partial charge >= 0.3 is 0 Å². The monoisotopic (exact) mass is 394 g/mol. The number of carbonyl (C=O) groups is 2. The lowest BCUT2D eigenvalue weighted by Gasteiger charge is -2.32. The number of likely N-dealkylation sites (tertiary alicyclic amines) is 1. The van der Waals surface area contributed by atoms with Crippen LogP contribution < -0.4 is 4.90 Å². The van der Waals surface area contributed by atoms with Crippen molar-refractivity contribution in [2.75, 3.05) is 18.0 Å². The van der Waals surface area contributed by atoms with Crippen molar-refractivity contribution in [1.29, 1.82) is 0 Å². The lowest BCUT2D eigenvalue weighted by atomic mass is 9.97. The summed E-state index contributed by atoms with van der Waals surface area (Å²) in [6.45, 7) is 5.70. The second-order valence-corrected chi connectivity index (χ2v) is 8.05. The summed E-state index contributed by atoms with van der Waals surface area (Å²) in [7, 11) is 0. The Morgan fingerprint density at radius 3 is 2.29 bits per heavy atom. The number of halogens is 1. The van der Waals surface area contributed by atoms with E-state index in [0.717, 1.165) is 37.1 Å². The smallest absolute Gasteiger partial charge is 0.282 e. The van der Waals surface area contributed by atoms with E-state index in [4.69, 9.17) is 11.6 Å². The predicted molar refractivity (Wildman–Crippen MR) is 112 cm³/mol. The molecule has 0 radical (unpaired) electrons. The fourth-order valence-electron chi connectivity index (χ4n) is 3.86. The molecule has 0 bridgehead atoms. The van der Waals surface area contributed by atoms with Gasteiger partial charge in [0.15, 0.2) is 0 Å². The van der Waals surface area contributed by atoms with Crippen LogP contribution in [-0.2, 0) is 9.59 Å². The highest BCUT2D eigenvalue weighted by Gasteiger charge is 2.43. The summed E-state index contributed by atoms with van der Waals surface area (Å²) in [5.41, 5.74) is 3.19. The normalized spacial score (nSPS) is 18.4. The maximum absolute atomic E-state index is 13.4. The van der Waals surface area contributed by atoms with Gasteiger partial charge in [0.25, 0.3) is 11.8 Å². The first-order valence-electron chi connectivity index (χ1n) is 9.67. The minimum Gasteiger partial charge on any atom is -0.366 e. The van der Waals surface area contributed by atoms with E-state index in [0.29, 0.717) is 27.9 Å². The SMILES string of the molecule is Cc1ccc(N2C(=O)C(c3ccccc3)=C(N3CCC(C)CC3)C2=O)cc1Cl. The number of aryl methyl sites for hydroxylation is 1. The van der Waals surface area contributed by atoms with E-state index in [9.17, 15) is 9.59 Å². The van der Waals surface area contributed by atoms with Crippen LogP contribution in [0.5, 0.6) is 0 Å². The first kappa shape index (κ1) is 18.8. The number of hydrogen-bond donors (Lipinski definition) is 0. The van der Waals surface area contributed by atoms with E-state index in [2.05, 4.69) is 11.8 Å². The summed E-state index contributed by atoms with van der Waals surface area (Å²) in [4.78, 5) is 30.2. The largest absolute Gasteiger partial charge is 0.366 e. The minimum absolute atomic E-state index is 0.265. The van der Waals surface area contributed by atoms with Crippen LogP contribution in [-0.4, -0.2) is 29.8 Å². The molecular weight excluding hydrogens is 372 g/mol. The molecule has 0 unspecified atom stereocenters. The highest BCUT2D eigenvalue weighted by Crippen LogP contribution is 2.37. The molecule has 0 spiro atoms. The second-order valence-electron chi connectivity index (χ2n) is 7.64. The Bertz CT molecular complexity index is 960. The van der Waals surface area contributed by atoms with Crippen molar-refractivity contribution in [3.63, 3.8) is 0 Å². The van der Waals surface area contributed by atoms with Crippen molar-refractivity contribution in [3.8, 4) is 0 Å². The summed E-state index contributed by atoms with van der Waals surface area (Å²) in [6, 6.07) is 14.8. The first-order chi connectivity index (χ1) is 13.5. The Labute approximate surface area is 170 Å². The molecule has 4 nitrogen and oxygen atoms in total. The zero-order valence-corrected chi connectivity index (χ0v) is 16.9. The van der Waals surface area contributed by atoms with E-state index in [-0.39, 0.29) is 11.8 Å². The number of anilines is 1. The lowest BCUT2D eigenvalue weighted by Crippen LogP contribution is -2.38. The number of piperidine rings is 1. The van der Waals surface area contributed by atoms with Gasteiger partial charge < -0.3 is 4.90 Å². The van der Waals surface area contributed by atoms with Gasteiger partial charge in [-0.3, -0.25) is 9.59 Å². The first-order valence-corrected chi connectivity index (χ1v) is 10.0. The van der Waals surface area contributed by atoms with Crippen LogP contribution in [0.15, 0.2) is 54.2 Å². The molecule has 2 aliphatic rings. The third-order valence-electron chi connectivity index (χ3n) is 5.64. The predicted octanol–water partition coefficient (Wildman–Crippen LogP) is 4.66. The number of rotatable bonds is 3. The summed E-state index contributed by atoms with van der Waals surface area (Å²) < 4.78 is 0. The number of imide groups is 1. The van der Waals surface area contributed by atoms with Gasteiger partial charge in [-0.2, -0.15) is 0 Å². The summed E-state index contributed by atoms with van der Waals surface area (Å²) in [5.74, 6) is 0.0827.